The van der Waals surface area contributed by atoms with Crippen LogP contribution in [0.1, 0.15) is 79.1 Å². The summed E-state index contributed by atoms with van der Waals surface area (Å²) in [6, 6.07) is 10.2. The molecule has 1 aromatic heterocycles. The van der Waals surface area contributed by atoms with Crippen LogP contribution in [0.5, 0.6) is 0 Å². The third-order valence-corrected chi connectivity index (χ3v) is 3.68. The van der Waals surface area contributed by atoms with Gasteiger partial charge in [-0.3, -0.25) is 4.98 Å². The van der Waals surface area contributed by atoms with Gasteiger partial charge in [0.1, 0.15) is 5.78 Å². The molecule has 0 aliphatic heterocycles. The Labute approximate surface area is 148 Å². The summed E-state index contributed by atoms with van der Waals surface area (Å²) in [5, 5.41) is 2.45. The van der Waals surface area contributed by atoms with Gasteiger partial charge in [-0.2, -0.15) is 0 Å². The fraction of sp³-hybridized carbons (Fsp3) is 0.545. The predicted molar refractivity (Wildman–Crippen MR) is 106 cm³/mol. The molecule has 1 heterocycles. The topological polar surface area (TPSA) is 30.0 Å². The first-order valence-electron chi connectivity index (χ1n) is 9.52. The lowest BCUT2D eigenvalue weighted by Crippen LogP contribution is -1.89. The molecule has 2 rings (SSSR count). The van der Waals surface area contributed by atoms with E-state index in [4.69, 9.17) is 0 Å². The molecule has 24 heavy (non-hydrogen) atoms. The first kappa shape index (κ1) is 22.3. The van der Waals surface area contributed by atoms with Crippen LogP contribution in [0.25, 0.3) is 10.8 Å². The largest absolute Gasteiger partial charge is 0.300 e. The molecule has 0 saturated heterocycles. The van der Waals surface area contributed by atoms with Crippen LogP contribution in [0.4, 0.5) is 0 Å². The highest BCUT2D eigenvalue weighted by atomic mass is 16.1. The van der Waals surface area contributed by atoms with Crippen LogP contribution in [0.2, 0.25) is 0 Å². The van der Waals surface area contributed by atoms with Crippen molar-refractivity contribution >= 4 is 16.6 Å². The van der Waals surface area contributed by atoms with Gasteiger partial charge in [-0.05, 0) is 30.2 Å². The quantitative estimate of drug-likeness (QED) is 0.489. The van der Waals surface area contributed by atoms with E-state index < -0.39 is 0 Å². The maximum atomic E-state index is 10.6. The Bertz CT molecular complexity index is 471. The van der Waals surface area contributed by atoms with Crippen molar-refractivity contribution in [2.45, 2.75) is 79.1 Å². The van der Waals surface area contributed by atoms with E-state index in [9.17, 15) is 4.79 Å². The summed E-state index contributed by atoms with van der Waals surface area (Å²) in [6.07, 6.45) is 13.5. The van der Waals surface area contributed by atoms with Gasteiger partial charge in [-0.1, -0.05) is 83.6 Å². The highest BCUT2D eigenvalue weighted by Gasteiger charge is 1.93. The van der Waals surface area contributed by atoms with Gasteiger partial charge < -0.3 is 4.79 Å². The molecule has 0 aliphatic carbocycles. The summed E-state index contributed by atoms with van der Waals surface area (Å²) >= 11 is 0. The van der Waals surface area contributed by atoms with E-state index in [1.165, 1.54) is 49.3 Å². The second-order valence-electron chi connectivity index (χ2n) is 5.80. The highest BCUT2D eigenvalue weighted by molar-refractivity contribution is 5.80. The average Bonchev–Trinajstić information content (AvgIpc) is 2.63. The maximum Gasteiger partial charge on any atom is 0.129 e. The third kappa shape index (κ3) is 11.8. The first-order chi connectivity index (χ1) is 11.7. The Kier molecular flexibility index (Phi) is 15.0. The zero-order valence-electron chi connectivity index (χ0n) is 16.1. The van der Waals surface area contributed by atoms with Crippen LogP contribution < -0.4 is 0 Å². The van der Waals surface area contributed by atoms with E-state index in [2.05, 4.69) is 24.0 Å². The van der Waals surface area contributed by atoms with Crippen molar-refractivity contribution in [3.8, 4) is 0 Å². The average molecular weight is 330 g/mol. The minimum absolute atomic E-state index is 0.337. The van der Waals surface area contributed by atoms with Gasteiger partial charge in [0, 0.05) is 18.8 Å². The van der Waals surface area contributed by atoms with Crippen molar-refractivity contribution in [2.24, 2.45) is 0 Å². The number of pyridine rings is 1. The van der Waals surface area contributed by atoms with E-state index in [-0.39, 0.29) is 0 Å². The molecule has 0 spiro atoms. The third-order valence-electron chi connectivity index (χ3n) is 3.68. The van der Waals surface area contributed by atoms with Gasteiger partial charge in [0.05, 0.1) is 0 Å². The molecule has 0 bridgehead atoms. The van der Waals surface area contributed by atoms with Gasteiger partial charge >= 0.3 is 0 Å². The number of ketones is 1. The summed E-state index contributed by atoms with van der Waals surface area (Å²) < 4.78 is 0. The summed E-state index contributed by atoms with van der Waals surface area (Å²) in [4.78, 5) is 14.6. The van der Waals surface area contributed by atoms with Crippen molar-refractivity contribution in [1.82, 2.24) is 4.98 Å². The lowest BCUT2D eigenvalue weighted by atomic mass is 10.1. The molecule has 0 amide bonds. The SMILES string of the molecule is CC.CCCCCCCCCC(C)=O.c1ccc2cnccc2c1. The van der Waals surface area contributed by atoms with Crippen LogP contribution >= 0.6 is 0 Å². The molecule has 0 saturated carbocycles. The summed E-state index contributed by atoms with van der Waals surface area (Å²) in [5.41, 5.74) is 0. The summed E-state index contributed by atoms with van der Waals surface area (Å²) in [7, 11) is 0. The molecule has 2 nitrogen and oxygen atoms in total. The molecule has 0 radical (unpaired) electrons. The van der Waals surface area contributed by atoms with E-state index >= 15 is 0 Å². The Balaban J connectivity index is 0.000000402. The van der Waals surface area contributed by atoms with E-state index in [0.717, 1.165) is 12.8 Å². The molecular weight excluding hydrogens is 294 g/mol. The predicted octanol–water partition coefficient (Wildman–Crippen LogP) is 6.98. The lowest BCUT2D eigenvalue weighted by molar-refractivity contribution is -0.117. The number of unbranched alkanes of at least 4 members (excludes halogenated alkanes) is 6. The highest BCUT2D eigenvalue weighted by Crippen LogP contribution is 2.09. The molecule has 0 N–H and O–H groups in total. The van der Waals surface area contributed by atoms with Crippen LogP contribution in [-0.4, -0.2) is 10.8 Å². The second-order valence-corrected chi connectivity index (χ2v) is 5.80. The van der Waals surface area contributed by atoms with Crippen LogP contribution in [-0.2, 0) is 4.79 Å². The Hall–Kier alpha value is -1.70. The standard InChI is InChI=1S/C11H22O.C9H7N.C2H6/c1-3-4-5-6-7-8-9-10-11(2)12;1-2-4-9-7-10-6-5-8(9)3-1;1-2/h3-10H2,1-2H3;1-7H;1-2H3. The minimum atomic E-state index is 0.337. The fourth-order valence-electron chi connectivity index (χ4n) is 2.36. The Morgan fingerprint density at radius 3 is 2.04 bits per heavy atom. The lowest BCUT2D eigenvalue weighted by Gasteiger charge is -1.98. The zero-order valence-corrected chi connectivity index (χ0v) is 16.1. The zero-order chi connectivity index (χ0) is 18.0. The number of Topliss-reactive ketones (excluding diaryl/α,β-unsaturated/α-hetero) is 1. The summed E-state index contributed by atoms with van der Waals surface area (Å²) in [5.74, 6) is 0.337. The molecule has 0 aliphatic rings. The van der Waals surface area contributed by atoms with Crippen LogP contribution in [0, 0.1) is 0 Å². The van der Waals surface area contributed by atoms with E-state index in [1.807, 2.05) is 44.4 Å². The van der Waals surface area contributed by atoms with E-state index in [0.29, 0.717) is 5.78 Å². The van der Waals surface area contributed by atoms with Gasteiger partial charge in [-0.15, -0.1) is 0 Å². The van der Waals surface area contributed by atoms with Crippen molar-refractivity contribution in [3.63, 3.8) is 0 Å². The molecule has 134 valence electrons. The van der Waals surface area contributed by atoms with Crippen LogP contribution in [0.3, 0.4) is 0 Å². The van der Waals surface area contributed by atoms with Crippen molar-refractivity contribution in [3.05, 3.63) is 42.7 Å². The first-order valence-corrected chi connectivity index (χ1v) is 9.52. The molecule has 0 fully saturated rings. The molecule has 2 heteroatoms. The number of nitrogens with zero attached hydrogens (tertiary/aromatic N) is 1. The minimum Gasteiger partial charge on any atom is -0.300 e. The van der Waals surface area contributed by atoms with Crippen molar-refractivity contribution < 1.29 is 4.79 Å². The van der Waals surface area contributed by atoms with Gasteiger partial charge in [0.2, 0.25) is 0 Å². The van der Waals surface area contributed by atoms with Gasteiger partial charge in [0.15, 0.2) is 0 Å². The smallest absolute Gasteiger partial charge is 0.129 e. The van der Waals surface area contributed by atoms with Crippen molar-refractivity contribution in [2.75, 3.05) is 0 Å². The molecule has 2 aromatic rings. The molecular formula is C22H35NO. The molecule has 0 atom stereocenters. The van der Waals surface area contributed by atoms with Gasteiger partial charge in [0.25, 0.3) is 0 Å². The number of fused-ring (bicyclic) bond motifs is 1. The number of carbonyl (C=O) groups excluding carboxylic acids is 1. The van der Waals surface area contributed by atoms with Crippen molar-refractivity contribution in [1.29, 1.82) is 0 Å². The number of carbonyl (C=O) groups is 1. The number of hydrogen-bond acceptors (Lipinski definition) is 2. The number of hydrogen-bond donors (Lipinski definition) is 0. The number of aromatic nitrogens is 1. The van der Waals surface area contributed by atoms with Gasteiger partial charge in [-0.25, -0.2) is 0 Å². The Morgan fingerprint density at radius 1 is 0.875 bits per heavy atom. The fourth-order valence-corrected chi connectivity index (χ4v) is 2.36. The molecule has 1 aromatic carbocycles. The Morgan fingerprint density at radius 2 is 1.46 bits per heavy atom. The molecule has 0 unspecified atom stereocenters. The monoisotopic (exact) mass is 329 g/mol. The number of benzene rings is 1. The van der Waals surface area contributed by atoms with Crippen LogP contribution in [0.15, 0.2) is 42.7 Å². The maximum absolute atomic E-state index is 10.6. The normalized spacial score (nSPS) is 9.50. The van der Waals surface area contributed by atoms with E-state index in [1.54, 1.807) is 6.92 Å². The summed E-state index contributed by atoms with van der Waals surface area (Å²) in [6.45, 7) is 7.91. The second kappa shape index (κ2) is 16.2. The number of rotatable bonds is 8.